The van der Waals surface area contributed by atoms with Crippen LogP contribution in [0.3, 0.4) is 0 Å². The SMILES string of the molecule is Cc1nc2ccccc2n1[C@H]1C[C@H]2CN(C(=O)NC3CCCC3)C[C@H]2C[C@@H]1Oc1cnccn1. The molecule has 0 bridgehead atoms. The molecule has 6 rings (SSSR count). The van der Waals surface area contributed by atoms with Gasteiger partial charge in [0.15, 0.2) is 0 Å². The summed E-state index contributed by atoms with van der Waals surface area (Å²) in [4.78, 5) is 28.4. The number of imidazole rings is 1. The zero-order valence-electron chi connectivity index (χ0n) is 19.6. The van der Waals surface area contributed by atoms with Crippen LogP contribution in [0.4, 0.5) is 4.79 Å². The van der Waals surface area contributed by atoms with Gasteiger partial charge in [0.1, 0.15) is 11.9 Å². The van der Waals surface area contributed by atoms with Crippen LogP contribution in [0.5, 0.6) is 5.88 Å². The molecule has 8 nitrogen and oxygen atoms in total. The van der Waals surface area contributed by atoms with Gasteiger partial charge in [-0.2, -0.15) is 0 Å². The molecule has 0 radical (unpaired) electrons. The second-order valence-electron chi connectivity index (χ2n) is 10.1. The molecular formula is C26H32N6O2. The molecule has 1 aliphatic heterocycles. The van der Waals surface area contributed by atoms with Gasteiger partial charge in [-0.05, 0) is 56.6 Å². The summed E-state index contributed by atoms with van der Waals surface area (Å²) in [5, 5.41) is 3.28. The predicted molar refractivity (Wildman–Crippen MR) is 129 cm³/mol. The topological polar surface area (TPSA) is 85.2 Å². The highest BCUT2D eigenvalue weighted by molar-refractivity contribution is 5.76. The number of benzene rings is 1. The predicted octanol–water partition coefficient (Wildman–Crippen LogP) is 4.12. The third-order valence-electron chi connectivity index (χ3n) is 7.97. The van der Waals surface area contributed by atoms with Gasteiger partial charge in [-0.3, -0.25) is 4.98 Å². The number of para-hydroxylation sites is 2. The highest BCUT2D eigenvalue weighted by atomic mass is 16.5. The Morgan fingerprint density at radius 3 is 2.68 bits per heavy atom. The zero-order valence-corrected chi connectivity index (χ0v) is 19.6. The molecule has 3 fully saturated rings. The summed E-state index contributed by atoms with van der Waals surface area (Å²) in [6.07, 6.45) is 11.4. The van der Waals surface area contributed by atoms with Gasteiger partial charge in [0.25, 0.3) is 0 Å². The third kappa shape index (κ3) is 3.99. The van der Waals surface area contributed by atoms with Crippen LogP contribution in [-0.2, 0) is 0 Å². The molecule has 2 amide bonds. The van der Waals surface area contributed by atoms with Crippen molar-refractivity contribution in [2.75, 3.05) is 13.1 Å². The molecular weight excluding hydrogens is 428 g/mol. The molecule has 4 atom stereocenters. The summed E-state index contributed by atoms with van der Waals surface area (Å²) in [6.45, 7) is 3.67. The first kappa shape index (κ1) is 21.4. The van der Waals surface area contributed by atoms with Crippen LogP contribution in [0.2, 0.25) is 0 Å². The van der Waals surface area contributed by atoms with Gasteiger partial charge in [-0.15, -0.1) is 0 Å². The number of likely N-dealkylation sites (tertiary alicyclic amines) is 1. The fourth-order valence-electron chi connectivity index (χ4n) is 6.38. The van der Waals surface area contributed by atoms with Crippen LogP contribution in [0.1, 0.15) is 50.4 Å². The number of carbonyl (C=O) groups excluding carboxylic acids is 1. The summed E-state index contributed by atoms with van der Waals surface area (Å²) in [6, 6.07) is 8.86. The molecule has 3 aliphatic rings. The number of fused-ring (bicyclic) bond motifs is 2. The van der Waals surface area contributed by atoms with E-state index in [9.17, 15) is 4.79 Å². The van der Waals surface area contributed by atoms with E-state index in [4.69, 9.17) is 9.72 Å². The average molecular weight is 461 g/mol. The summed E-state index contributed by atoms with van der Waals surface area (Å²) in [5.74, 6) is 2.40. The minimum Gasteiger partial charge on any atom is -0.471 e. The normalized spacial score (nSPS) is 27.1. The maximum atomic E-state index is 13.0. The lowest BCUT2D eigenvalue weighted by molar-refractivity contribution is 0.0519. The Hall–Kier alpha value is -3.16. The quantitative estimate of drug-likeness (QED) is 0.633. The fraction of sp³-hybridized carbons (Fsp3) is 0.538. The first-order valence-electron chi connectivity index (χ1n) is 12.6. The van der Waals surface area contributed by atoms with Crippen LogP contribution in [0.15, 0.2) is 42.9 Å². The number of urea groups is 1. The van der Waals surface area contributed by atoms with Crippen molar-refractivity contribution < 1.29 is 9.53 Å². The highest BCUT2D eigenvalue weighted by Crippen LogP contribution is 2.44. The number of nitrogens with zero attached hydrogens (tertiary/aromatic N) is 5. The lowest BCUT2D eigenvalue weighted by atomic mass is 9.77. The van der Waals surface area contributed by atoms with E-state index < -0.39 is 0 Å². The maximum absolute atomic E-state index is 13.0. The highest BCUT2D eigenvalue weighted by Gasteiger charge is 2.46. The minimum absolute atomic E-state index is 0.0629. The Bertz CT molecular complexity index is 1160. The Labute approximate surface area is 199 Å². The first-order valence-corrected chi connectivity index (χ1v) is 12.6. The van der Waals surface area contributed by atoms with Crippen LogP contribution >= 0.6 is 0 Å². The van der Waals surface area contributed by atoms with E-state index in [1.807, 2.05) is 11.0 Å². The van der Waals surface area contributed by atoms with E-state index in [0.29, 0.717) is 23.8 Å². The van der Waals surface area contributed by atoms with Crippen molar-refractivity contribution in [2.24, 2.45) is 11.8 Å². The second kappa shape index (κ2) is 8.89. The van der Waals surface area contributed by atoms with Gasteiger partial charge in [-0.1, -0.05) is 25.0 Å². The van der Waals surface area contributed by atoms with E-state index in [1.54, 1.807) is 18.6 Å². The number of hydrogen-bond acceptors (Lipinski definition) is 5. The number of ether oxygens (including phenoxy) is 1. The van der Waals surface area contributed by atoms with Crippen LogP contribution in [0, 0.1) is 18.8 Å². The van der Waals surface area contributed by atoms with Gasteiger partial charge < -0.3 is 19.5 Å². The summed E-state index contributed by atoms with van der Waals surface area (Å²) >= 11 is 0. The Kier molecular flexibility index (Phi) is 5.59. The molecule has 1 N–H and O–H groups in total. The zero-order chi connectivity index (χ0) is 23.1. The number of rotatable bonds is 4. The van der Waals surface area contributed by atoms with Crippen molar-refractivity contribution >= 4 is 17.1 Å². The van der Waals surface area contributed by atoms with E-state index >= 15 is 0 Å². The summed E-state index contributed by atoms with van der Waals surface area (Å²) in [7, 11) is 0. The smallest absolute Gasteiger partial charge is 0.317 e. The van der Waals surface area contributed by atoms with Crippen LogP contribution < -0.4 is 10.1 Å². The van der Waals surface area contributed by atoms with Crippen molar-refractivity contribution in [3.8, 4) is 5.88 Å². The number of amides is 2. The monoisotopic (exact) mass is 460 g/mol. The molecule has 1 saturated heterocycles. The van der Waals surface area contributed by atoms with Crippen molar-refractivity contribution in [1.82, 2.24) is 29.7 Å². The standard InChI is InChI=1S/C26H32N6O2/c1-17-29-21-8-4-5-9-22(21)32(17)23-12-18-15-31(26(33)30-20-6-2-3-7-20)16-19(18)13-24(23)34-25-14-27-10-11-28-25/h4-5,8-11,14,18-20,23-24H,2-3,6-7,12-13,15-16H2,1H3,(H,30,33)/t18-,19+,23-,24-/m0/s1. The lowest BCUT2D eigenvalue weighted by Gasteiger charge is -2.39. The third-order valence-corrected chi connectivity index (χ3v) is 7.97. The van der Waals surface area contributed by atoms with Gasteiger partial charge in [-0.25, -0.2) is 14.8 Å². The van der Waals surface area contributed by atoms with Crippen LogP contribution in [0.25, 0.3) is 11.0 Å². The van der Waals surface area contributed by atoms with Gasteiger partial charge in [0.05, 0.1) is 23.3 Å². The number of aryl methyl sites for hydroxylation is 1. The molecule has 3 aromatic rings. The molecule has 2 saturated carbocycles. The molecule has 0 spiro atoms. The lowest BCUT2D eigenvalue weighted by Crippen LogP contribution is -2.43. The van der Waals surface area contributed by atoms with Crippen molar-refractivity contribution in [3.05, 3.63) is 48.7 Å². The Balaban J connectivity index is 1.27. The number of nitrogens with one attached hydrogen (secondary N) is 1. The van der Waals surface area contributed by atoms with Gasteiger partial charge in [0, 0.05) is 31.5 Å². The van der Waals surface area contributed by atoms with Crippen LogP contribution in [-0.4, -0.2) is 55.7 Å². The molecule has 1 aromatic carbocycles. The van der Waals surface area contributed by atoms with E-state index in [-0.39, 0.29) is 18.2 Å². The van der Waals surface area contributed by atoms with Gasteiger partial charge in [0.2, 0.25) is 5.88 Å². The Morgan fingerprint density at radius 2 is 1.88 bits per heavy atom. The van der Waals surface area contributed by atoms with E-state index in [2.05, 4.69) is 45.0 Å². The van der Waals surface area contributed by atoms with E-state index in [1.165, 1.54) is 12.8 Å². The molecule has 8 heteroatoms. The molecule has 0 unspecified atom stereocenters. The molecule has 178 valence electrons. The average Bonchev–Trinajstić information content (AvgIpc) is 3.57. The largest absolute Gasteiger partial charge is 0.471 e. The molecule has 3 heterocycles. The summed E-state index contributed by atoms with van der Waals surface area (Å²) < 4.78 is 8.81. The van der Waals surface area contributed by atoms with Gasteiger partial charge >= 0.3 is 6.03 Å². The number of hydrogen-bond donors (Lipinski definition) is 1. The molecule has 2 aromatic heterocycles. The maximum Gasteiger partial charge on any atom is 0.317 e. The van der Waals surface area contributed by atoms with Crippen molar-refractivity contribution in [3.63, 3.8) is 0 Å². The van der Waals surface area contributed by atoms with E-state index in [0.717, 1.165) is 55.6 Å². The van der Waals surface area contributed by atoms with Crippen molar-refractivity contribution in [2.45, 2.75) is 63.6 Å². The number of aromatic nitrogens is 4. The second-order valence-corrected chi connectivity index (χ2v) is 10.1. The Morgan fingerprint density at radius 1 is 1.09 bits per heavy atom. The molecule has 2 aliphatic carbocycles. The fourth-order valence-corrected chi connectivity index (χ4v) is 6.38. The number of carbonyl (C=O) groups is 1. The molecule has 34 heavy (non-hydrogen) atoms. The minimum atomic E-state index is -0.0629. The first-order chi connectivity index (χ1) is 16.7. The van der Waals surface area contributed by atoms with Crippen molar-refractivity contribution in [1.29, 1.82) is 0 Å². The summed E-state index contributed by atoms with van der Waals surface area (Å²) in [5.41, 5.74) is 2.13.